The molecule has 2 aromatic carbocycles. The average Bonchev–Trinajstić information content (AvgIpc) is 3.14. The van der Waals surface area contributed by atoms with Crippen molar-refractivity contribution >= 4 is 27.8 Å². The summed E-state index contributed by atoms with van der Waals surface area (Å²) in [7, 11) is 0. The van der Waals surface area contributed by atoms with Crippen molar-refractivity contribution in [2.75, 3.05) is 32.7 Å². The second-order valence-corrected chi connectivity index (χ2v) is 9.37. The first-order valence-electron chi connectivity index (χ1n) is 12.1. The predicted molar refractivity (Wildman–Crippen MR) is 129 cm³/mol. The molecule has 0 bridgehead atoms. The summed E-state index contributed by atoms with van der Waals surface area (Å²) in [6, 6.07) is 17.3. The number of amides is 2. The summed E-state index contributed by atoms with van der Waals surface area (Å²) >= 11 is 0. The number of benzene rings is 2. The maximum Gasteiger partial charge on any atom is 0.317 e. The second kappa shape index (κ2) is 9.51. The van der Waals surface area contributed by atoms with Crippen LogP contribution in [0, 0.1) is 0 Å². The van der Waals surface area contributed by atoms with Gasteiger partial charge in [0.15, 0.2) is 0 Å². The molecule has 2 N–H and O–H groups in total. The third kappa shape index (κ3) is 4.48. The molecule has 32 heavy (non-hydrogen) atoms. The molecule has 0 radical (unpaired) electrons. The van der Waals surface area contributed by atoms with Crippen molar-refractivity contribution in [1.82, 2.24) is 19.7 Å². The zero-order chi connectivity index (χ0) is 21.9. The van der Waals surface area contributed by atoms with Gasteiger partial charge in [-0.3, -0.25) is 4.90 Å². The fourth-order valence-corrected chi connectivity index (χ4v) is 5.41. The van der Waals surface area contributed by atoms with Gasteiger partial charge in [0.1, 0.15) is 0 Å². The zero-order valence-corrected chi connectivity index (χ0v) is 18.7. The molecule has 2 amide bonds. The Morgan fingerprint density at radius 2 is 1.47 bits per heavy atom. The lowest BCUT2D eigenvalue weighted by molar-refractivity contribution is 0.0725. The van der Waals surface area contributed by atoms with Gasteiger partial charge < -0.3 is 19.9 Å². The number of rotatable bonds is 5. The first-order chi connectivity index (χ1) is 15.7. The van der Waals surface area contributed by atoms with Crippen molar-refractivity contribution in [3.8, 4) is 0 Å². The molecule has 2 fully saturated rings. The van der Waals surface area contributed by atoms with Crippen LogP contribution in [0.4, 0.5) is 4.79 Å². The molecule has 170 valence electrons. The molecule has 6 nitrogen and oxygen atoms in total. The molecule has 2 heterocycles. The van der Waals surface area contributed by atoms with Crippen LogP contribution in [-0.2, 0) is 6.54 Å². The molecule has 0 spiro atoms. The number of nitrogens with one attached hydrogen (secondary N) is 1. The summed E-state index contributed by atoms with van der Waals surface area (Å²) in [6.45, 7) is 4.25. The van der Waals surface area contributed by atoms with Crippen LogP contribution in [0.5, 0.6) is 0 Å². The lowest BCUT2D eigenvalue weighted by Crippen LogP contribution is -2.54. The third-order valence-electron chi connectivity index (χ3n) is 7.13. The average molecular weight is 435 g/mol. The maximum absolute atomic E-state index is 12.6. The molecule has 1 atom stereocenters. The Balaban J connectivity index is 1.17. The Labute approximate surface area is 189 Å². The van der Waals surface area contributed by atoms with E-state index in [1.165, 1.54) is 30.0 Å². The van der Waals surface area contributed by atoms with Crippen LogP contribution in [0.1, 0.15) is 32.1 Å². The van der Waals surface area contributed by atoms with E-state index >= 15 is 0 Å². The van der Waals surface area contributed by atoms with Gasteiger partial charge in [0.05, 0.1) is 12.6 Å². The number of hydrogen-bond acceptors (Lipinski definition) is 3. The molecule has 1 saturated heterocycles. The number of piperazine rings is 1. The van der Waals surface area contributed by atoms with E-state index in [-0.39, 0.29) is 6.03 Å². The molecule has 5 rings (SSSR count). The number of aliphatic hydroxyl groups is 1. The van der Waals surface area contributed by atoms with Gasteiger partial charge in [-0.2, -0.15) is 0 Å². The molecule has 1 aliphatic carbocycles. The van der Waals surface area contributed by atoms with Gasteiger partial charge in [-0.05, 0) is 25.0 Å². The summed E-state index contributed by atoms with van der Waals surface area (Å²) in [5.74, 6) is 0. The monoisotopic (exact) mass is 434 g/mol. The van der Waals surface area contributed by atoms with Crippen LogP contribution < -0.4 is 5.32 Å². The van der Waals surface area contributed by atoms with Crippen molar-refractivity contribution in [3.05, 3.63) is 48.5 Å². The Morgan fingerprint density at radius 1 is 0.875 bits per heavy atom. The number of aliphatic hydroxyl groups excluding tert-OH is 1. The minimum absolute atomic E-state index is 0.0855. The SMILES string of the molecule is O=C(NC1CCCCC1)N1CCN(CC(O)Cn2c3ccccc3c3ccccc32)CC1. The number of carbonyl (C=O) groups excluding carboxylic acids is 1. The van der Waals surface area contributed by atoms with Crippen molar-refractivity contribution in [1.29, 1.82) is 0 Å². The van der Waals surface area contributed by atoms with E-state index in [1.54, 1.807) is 0 Å². The van der Waals surface area contributed by atoms with Gasteiger partial charge in [0.25, 0.3) is 0 Å². The molecule has 1 saturated carbocycles. The quantitative estimate of drug-likeness (QED) is 0.642. The number of hydrogen-bond donors (Lipinski definition) is 2. The van der Waals surface area contributed by atoms with E-state index in [9.17, 15) is 9.90 Å². The Hall–Kier alpha value is -2.57. The summed E-state index contributed by atoms with van der Waals surface area (Å²) in [6.07, 6.45) is 5.51. The van der Waals surface area contributed by atoms with Gasteiger partial charge in [0.2, 0.25) is 0 Å². The van der Waals surface area contributed by atoms with Gasteiger partial charge in [-0.25, -0.2) is 4.79 Å². The maximum atomic E-state index is 12.6. The van der Waals surface area contributed by atoms with Crippen LogP contribution in [0.25, 0.3) is 21.8 Å². The predicted octanol–water partition coefficient (Wildman–Crippen LogP) is 3.82. The first-order valence-corrected chi connectivity index (χ1v) is 12.1. The third-order valence-corrected chi connectivity index (χ3v) is 7.13. The standard InChI is InChI=1S/C26H34N4O2/c31-21(19-30-24-12-6-4-10-22(24)23-11-5-7-13-25(23)30)18-28-14-16-29(17-15-28)26(32)27-20-8-2-1-3-9-20/h4-7,10-13,20-21,31H,1-3,8-9,14-19H2,(H,27,32). The van der Waals surface area contributed by atoms with Crippen LogP contribution in [-0.4, -0.2) is 70.4 Å². The Morgan fingerprint density at radius 3 is 2.09 bits per heavy atom. The van der Waals surface area contributed by atoms with Crippen molar-refractivity contribution < 1.29 is 9.90 Å². The van der Waals surface area contributed by atoms with Crippen molar-refractivity contribution in [2.24, 2.45) is 0 Å². The van der Waals surface area contributed by atoms with Gasteiger partial charge in [-0.15, -0.1) is 0 Å². The fraction of sp³-hybridized carbons (Fsp3) is 0.500. The first kappa shape index (κ1) is 21.3. The number of carbonyl (C=O) groups is 1. The van der Waals surface area contributed by atoms with Crippen molar-refractivity contribution in [3.63, 3.8) is 0 Å². The number of para-hydroxylation sites is 2. The number of urea groups is 1. The smallest absolute Gasteiger partial charge is 0.317 e. The van der Waals surface area contributed by atoms with Crippen LogP contribution in [0.3, 0.4) is 0 Å². The van der Waals surface area contributed by atoms with Crippen molar-refractivity contribution in [2.45, 2.75) is 50.8 Å². The van der Waals surface area contributed by atoms with Crippen LogP contribution in [0.15, 0.2) is 48.5 Å². The largest absolute Gasteiger partial charge is 0.390 e. The highest BCUT2D eigenvalue weighted by atomic mass is 16.3. The number of β-amino-alcohol motifs (C(OH)–C–C–N with tert-alkyl or cyclic N) is 1. The highest BCUT2D eigenvalue weighted by Gasteiger charge is 2.25. The molecule has 2 aliphatic rings. The molecule has 1 aliphatic heterocycles. The highest BCUT2D eigenvalue weighted by molar-refractivity contribution is 6.07. The van der Waals surface area contributed by atoms with E-state index in [4.69, 9.17) is 0 Å². The van der Waals surface area contributed by atoms with Crippen LogP contribution in [0.2, 0.25) is 0 Å². The topological polar surface area (TPSA) is 60.7 Å². The van der Waals surface area contributed by atoms with Gasteiger partial charge >= 0.3 is 6.03 Å². The minimum atomic E-state index is -0.461. The molecular formula is C26H34N4O2. The lowest BCUT2D eigenvalue weighted by Gasteiger charge is -2.36. The molecule has 1 unspecified atom stereocenters. The summed E-state index contributed by atoms with van der Waals surface area (Å²) in [4.78, 5) is 16.8. The second-order valence-electron chi connectivity index (χ2n) is 9.37. The fourth-order valence-electron chi connectivity index (χ4n) is 5.41. The number of aromatic nitrogens is 1. The molecule has 3 aromatic rings. The van der Waals surface area contributed by atoms with E-state index < -0.39 is 6.10 Å². The summed E-state index contributed by atoms with van der Waals surface area (Å²) in [5.41, 5.74) is 2.33. The number of nitrogens with zero attached hydrogens (tertiary/aromatic N) is 3. The van der Waals surface area contributed by atoms with E-state index in [1.807, 2.05) is 4.90 Å². The minimum Gasteiger partial charge on any atom is -0.390 e. The lowest BCUT2D eigenvalue weighted by atomic mass is 9.96. The normalized spacial score (nSPS) is 19.5. The van der Waals surface area contributed by atoms with Gasteiger partial charge in [-0.1, -0.05) is 55.7 Å². The Kier molecular flexibility index (Phi) is 6.32. The van der Waals surface area contributed by atoms with Gasteiger partial charge in [0, 0.05) is 60.6 Å². The van der Waals surface area contributed by atoms with E-state index in [0.29, 0.717) is 19.1 Å². The molecular weight excluding hydrogens is 400 g/mol. The zero-order valence-electron chi connectivity index (χ0n) is 18.7. The molecule has 1 aromatic heterocycles. The Bertz CT molecular complexity index is 1010. The van der Waals surface area contributed by atoms with Crippen LogP contribution >= 0.6 is 0 Å². The van der Waals surface area contributed by atoms with E-state index in [2.05, 4.69) is 63.3 Å². The number of fused-ring (bicyclic) bond motifs is 3. The highest BCUT2D eigenvalue weighted by Crippen LogP contribution is 2.29. The molecule has 6 heteroatoms. The van der Waals surface area contributed by atoms with E-state index in [0.717, 1.165) is 50.1 Å². The summed E-state index contributed by atoms with van der Waals surface area (Å²) < 4.78 is 2.24. The summed E-state index contributed by atoms with van der Waals surface area (Å²) in [5, 5.41) is 16.6.